The monoisotopic (exact) mass is 329 g/mol. The van der Waals surface area contributed by atoms with Crippen molar-refractivity contribution in [3.8, 4) is 0 Å². The summed E-state index contributed by atoms with van der Waals surface area (Å²) in [7, 11) is 0. The highest BCUT2D eigenvalue weighted by Crippen LogP contribution is 2.31. The zero-order chi connectivity index (χ0) is 17.8. The van der Waals surface area contributed by atoms with Crippen LogP contribution in [0.25, 0.3) is 0 Å². The van der Waals surface area contributed by atoms with Gasteiger partial charge in [0.2, 0.25) is 6.29 Å². The normalized spacial score (nSPS) is 24.4. The van der Waals surface area contributed by atoms with Crippen LogP contribution in [0.2, 0.25) is 0 Å². The molecule has 0 aromatic heterocycles. The van der Waals surface area contributed by atoms with Crippen LogP contribution in [0.4, 0.5) is 0 Å². The number of hydrogen-bond acceptors (Lipinski definition) is 6. The van der Waals surface area contributed by atoms with Crippen LogP contribution in [-0.2, 0) is 23.9 Å². The second kappa shape index (κ2) is 7.77. The van der Waals surface area contributed by atoms with Gasteiger partial charge in [0.1, 0.15) is 6.04 Å². The van der Waals surface area contributed by atoms with Crippen LogP contribution in [0, 0.1) is 17.3 Å². The zero-order valence-corrected chi connectivity index (χ0v) is 14.2. The average Bonchev–Trinajstić information content (AvgIpc) is 2.45. The van der Waals surface area contributed by atoms with Gasteiger partial charge in [0.25, 0.3) is 0 Å². The first kappa shape index (κ1) is 19.4. The van der Waals surface area contributed by atoms with E-state index in [-0.39, 0.29) is 11.8 Å². The first-order valence-electron chi connectivity index (χ1n) is 7.92. The first-order valence-corrected chi connectivity index (χ1v) is 7.92. The Bertz CT molecular complexity index is 448. The molecule has 1 aliphatic rings. The molecular weight excluding hydrogens is 302 g/mol. The maximum Gasteiger partial charge on any atom is 0.326 e. The van der Waals surface area contributed by atoms with E-state index in [9.17, 15) is 14.4 Å². The van der Waals surface area contributed by atoms with Crippen molar-refractivity contribution in [1.29, 1.82) is 0 Å². The van der Waals surface area contributed by atoms with Gasteiger partial charge in [0, 0.05) is 6.92 Å². The summed E-state index contributed by atoms with van der Waals surface area (Å²) in [5.74, 6) is -2.36. The molecule has 0 bridgehead atoms. The van der Waals surface area contributed by atoms with Gasteiger partial charge < -0.3 is 20.3 Å². The second-order valence-electron chi connectivity index (χ2n) is 7.14. The molecule has 2 atom stereocenters. The third-order valence-electron chi connectivity index (χ3n) is 4.07. The molecule has 0 aliphatic heterocycles. The molecule has 23 heavy (non-hydrogen) atoms. The largest absolute Gasteiger partial charge is 0.481 e. The van der Waals surface area contributed by atoms with Gasteiger partial charge in [0.05, 0.1) is 11.3 Å². The highest BCUT2D eigenvalue weighted by atomic mass is 16.7. The lowest BCUT2D eigenvalue weighted by Gasteiger charge is -2.30. The van der Waals surface area contributed by atoms with E-state index >= 15 is 0 Å². The molecule has 0 saturated heterocycles. The summed E-state index contributed by atoms with van der Waals surface area (Å²) in [6.07, 6.45) is 1.16. The summed E-state index contributed by atoms with van der Waals surface area (Å²) in [6, 6.07) is -0.833. The van der Waals surface area contributed by atoms with Gasteiger partial charge in [-0.3, -0.25) is 14.4 Å². The van der Waals surface area contributed by atoms with Crippen molar-refractivity contribution in [2.45, 2.75) is 65.7 Å². The molecule has 7 heteroatoms. The van der Waals surface area contributed by atoms with Crippen molar-refractivity contribution in [3.63, 3.8) is 0 Å². The van der Waals surface area contributed by atoms with Gasteiger partial charge in [-0.1, -0.05) is 0 Å². The molecule has 3 N–H and O–H groups in total. The zero-order valence-electron chi connectivity index (χ0n) is 14.2. The molecule has 1 fully saturated rings. The molecule has 0 heterocycles. The standard InChI is InChI=1S/C16H27NO6/c1-9(23-15(21)16(2,3)4)22-14(20)12(17)10-5-7-11(8-6-10)13(18)19/h9-12H,5-8,17H2,1-4H3,(H,18,19)/t9?,10-,11-,12?. The first-order chi connectivity index (χ1) is 10.5. The summed E-state index contributed by atoms with van der Waals surface area (Å²) in [4.78, 5) is 34.7. The van der Waals surface area contributed by atoms with Crippen LogP contribution in [0.1, 0.15) is 53.4 Å². The number of carboxylic acid groups (broad SMARTS) is 1. The van der Waals surface area contributed by atoms with Crippen LogP contribution in [0.15, 0.2) is 0 Å². The van der Waals surface area contributed by atoms with E-state index in [0.29, 0.717) is 25.7 Å². The van der Waals surface area contributed by atoms with Crippen molar-refractivity contribution in [2.24, 2.45) is 23.0 Å². The van der Waals surface area contributed by atoms with Crippen molar-refractivity contribution in [1.82, 2.24) is 0 Å². The Hall–Kier alpha value is -1.63. The molecule has 0 radical (unpaired) electrons. The van der Waals surface area contributed by atoms with Crippen LogP contribution in [0.3, 0.4) is 0 Å². The lowest BCUT2D eigenvalue weighted by atomic mass is 9.79. The van der Waals surface area contributed by atoms with E-state index in [2.05, 4.69) is 0 Å². The van der Waals surface area contributed by atoms with Gasteiger partial charge in [-0.05, 0) is 52.4 Å². The number of esters is 2. The Morgan fingerprint density at radius 3 is 2.04 bits per heavy atom. The van der Waals surface area contributed by atoms with Gasteiger partial charge in [-0.15, -0.1) is 0 Å². The van der Waals surface area contributed by atoms with Crippen molar-refractivity contribution < 1.29 is 29.0 Å². The van der Waals surface area contributed by atoms with E-state index in [1.807, 2.05) is 0 Å². The highest BCUT2D eigenvalue weighted by Gasteiger charge is 2.34. The number of rotatable bonds is 5. The maximum atomic E-state index is 12.0. The molecule has 0 aromatic rings. The fourth-order valence-corrected chi connectivity index (χ4v) is 2.51. The highest BCUT2D eigenvalue weighted by molar-refractivity contribution is 5.77. The molecule has 1 rings (SSSR count). The Kier molecular flexibility index (Phi) is 6.56. The molecular formula is C16H27NO6. The lowest BCUT2D eigenvalue weighted by molar-refractivity contribution is -0.192. The van der Waals surface area contributed by atoms with Gasteiger partial charge in [-0.25, -0.2) is 0 Å². The van der Waals surface area contributed by atoms with Crippen molar-refractivity contribution in [2.75, 3.05) is 0 Å². The minimum absolute atomic E-state index is 0.108. The molecule has 0 aromatic carbocycles. The summed E-state index contributed by atoms with van der Waals surface area (Å²) >= 11 is 0. The topological polar surface area (TPSA) is 116 Å². The Morgan fingerprint density at radius 2 is 1.61 bits per heavy atom. The Balaban J connectivity index is 2.45. The Morgan fingerprint density at radius 1 is 1.09 bits per heavy atom. The van der Waals surface area contributed by atoms with E-state index in [0.717, 1.165) is 0 Å². The van der Waals surface area contributed by atoms with E-state index < -0.39 is 35.7 Å². The third kappa shape index (κ3) is 5.82. The van der Waals surface area contributed by atoms with Crippen molar-refractivity contribution in [3.05, 3.63) is 0 Å². The molecule has 1 saturated carbocycles. The number of hydrogen-bond donors (Lipinski definition) is 2. The van der Waals surface area contributed by atoms with E-state index in [4.69, 9.17) is 20.3 Å². The van der Waals surface area contributed by atoms with Gasteiger partial charge in [-0.2, -0.15) is 0 Å². The molecule has 1 aliphatic carbocycles. The minimum Gasteiger partial charge on any atom is -0.481 e. The number of aliphatic carboxylic acids is 1. The van der Waals surface area contributed by atoms with Crippen LogP contribution in [-0.4, -0.2) is 35.3 Å². The third-order valence-corrected chi connectivity index (χ3v) is 4.07. The summed E-state index contributed by atoms with van der Waals surface area (Å²) < 4.78 is 10.1. The molecule has 132 valence electrons. The second-order valence-corrected chi connectivity index (χ2v) is 7.14. The number of ether oxygens (including phenoxy) is 2. The van der Waals surface area contributed by atoms with Crippen molar-refractivity contribution >= 4 is 17.9 Å². The Labute approximate surface area is 136 Å². The molecule has 0 amide bonds. The summed E-state index contributed by atoms with van der Waals surface area (Å²) in [5, 5.41) is 8.97. The van der Waals surface area contributed by atoms with Gasteiger partial charge >= 0.3 is 17.9 Å². The predicted octanol–water partition coefficient (Wildman–Crippen LogP) is 1.68. The van der Waals surface area contributed by atoms with Crippen LogP contribution in [0.5, 0.6) is 0 Å². The van der Waals surface area contributed by atoms with Crippen LogP contribution >= 0.6 is 0 Å². The summed E-state index contributed by atoms with van der Waals surface area (Å²) in [6.45, 7) is 6.58. The number of carbonyl (C=O) groups is 3. The summed E-state index contributed by atoms with van der Waals surface area (Å²) in [5.41, 5.74) is 5.23. The molecule has 0 spiro atoms. The molecule has 2 unspecified atom stereocenters. The van der Waals surface area contributed by atoms with Gasteiger partial charge in [0.15, 0.2) is 0 Å². The molecule has 7 nitrogen and oxygen atoms in total. The lowest BCUT2D eigenvalue weighted by Crippen LogP contribution is -2.43. The minimum atomic E-state index is -1.00. The fraction of sp³-hybridized carbons (Fsp3) is 0.812. The average molecular weight is 329 g/mol. The smallest absolute Gasteiger partial charge is 0.326 e. The predicted molar refractivity (Wildman–Crippen MR) is 82.2 cm³/mol. The fourth-order valence-electron chi connectivity index (χ4n) is 2.51. The number of carboxylic acids is 1. The van der Waals surface area contributed by atoms with Crippen LogP contribution < -0.4 is 5.73 Å². The number of carbonyl (C=O) groups excluding carboxylic acids is 2. The quantitative estimate of drug-likeness (QED) is 0.582. The number of nitrogens with two attached hydrogens (primary N) is 1. The SMILES string of the molecule is CC(OC(=O)C(N)[C@H]1CC[C@H](C(=O)O)CC1)OC(=O)C(C)(C)C. The van der Waals surface area contributed by atoms with E-state index in [1.54, 1.807) is 20.8 Å². The van der Waals surface area contributed by atoms with E-state index in [1.165, 1.54) is 6.92 Å². The maximum absolute atomic E-state index is 12.0.